The van der Waals surface area contributed by atoms with Crippen LogP contribution in [0.2, 0.25) is 0 Å². The van der Waals surface area contributed by atoms with Gasteiger partial charge in [-0.1, -0.05) is 18.2 Å². The molecule has 2 amide bonds. The highest BCUT2D eigenvalue weighted by Gasteiger charge is 2.70. The van der Waals surface area contributed by atoms with E-state index in [0.717, 1.165) is 12.8 Å². The highest BCUT2D eigenvalue weighted by molar-refractivity contribution is 6.24. The van der Waals surface area contributed by atoms with Gasteiger partial charge in [-0.2, -0.15) is 0 Å². The SMILES string of the molecule is CC12C(=O)N(c3ccccc3)C(=O)C1C1CCC2O1. The predicted octanol–water partition coefficient (Wildman–Crippen LogP) is 1.74. The van der Waals surface area contributed by atoms with E-state index in [-0.39, 0.29) is 29.9 Å². The van der Waals surface area contributed by atoms with Crippen molar-refractivity contribution in [2.75, 3.05) is 4.90 Å². The van der Waals surface area contributed by atoms with Crippen LogP contribution in [0, 0.1) is 11.3 Å². The Balaban J connectivity index is 1.82. The van der Waals surface area contributed by atoms with Crippen molar-refractivity contribution in [3.63, 3.8) is 0 Å². The molecule has 3 saturated heterocycles. The molecular formula is C15H15NO3. The summed E-state index contributed by atoms with van der Waals surface area (Å²) in [5.41, 5.74) is 0.0167. The molecule has 3 fully saturated rings. The second kappa shape index (κ2) is 3.45. The van der Waals surface area contributed by atoms with Gasteiger partial charge in [-0.05, 0) is 31.9 Å². The lowest BCUT2D eigenvalue weighted by Crippen LogP contribution is -2.41. The van der Waals surface area contributed by atoms with Crippen molar-refractivity contribution in [1.29, 1.82) is 0 Å². The predicted molar refractivity (Wildman–Crippen MR) is 68.4 cm³/mol. The Morgan fingerprint density at radius 3 is 2.63 bits per heavy atom. The summed E-state index contributed by atoms with van der Waals surface area (Å²) in [7, 11) is 0. The summed E-state index contributed by atoms with van der Waals surface area (Å²) < 4.78 is 5.80. The minimum atomic E-state index is -0.657. The highest BCUT2D eigenvalue weighted by Crippen LogP contribution is 2.57. The van der Waals surface area contributed by atoms with E-state index in [1.54, 1.807) is 0 Å². The number of rotatable bonds is 1. The molecule has 4 atom stereocenters. The summed E-state index contributed by atoms with van der Waals surface area (Å²) >= 11 is 0. The summed E-state index contributed by atoms with van der Waals surface area (Å²) in [5.74, 6) is -0.481. The molecule has 0 spiro atoms. The van der Waals surface area contributed by atoms with Crippen molar-refractivity contribution in [2.24, 2.45) is 11.3 Å². The maximum Gasteiger partial charge on any atom is 0.243 e. The zero-order valence-corrected chi connectivity index (χ0v) is 10.7. The number of anilines is 1. The van der Waals surface area contributed by atoms with Crippen molar-refractivity contribution in [2.45, 2.75) is 32.0 Å². The summed E-state index contributed by atoms with van der Waals surface area (Å²) in [6, 6.07) is 9.19. The number of para-hydroxylation sites is 1. The normalized spacial score (nSPS) is 40.1. The van der Waals surface area contributed by atoms with E-state index < -0.39 is 5.41 Å². The van der Waals surface area contributed by atoms with Gasteiger partial charge in [0.05, 0.1) is 29.2 Å². The molecule has 0 aromatic heterocycles. The van der Waals surface area contributed by atoms with Crippen molar-refractivity contribution in [3.05, 3.63) is 30.3 Å². The first-order valence-electron chi connectivity index (χ1n) is 6.73. The van der Waals surface area contributed by atoms with Gasteiger partial charge >= 0.3 is 0 Å². The zero-order valence-electron chi connectivity index (χ0n) is 10.7. The largest absolute Gasteiger partial charge is 0.373 e. The van der Waals surface area contributed by atoms with Gasteiger partial charge in [0.25, 0.3) is 0 Å². The van der Waals surface area contributed by atoms with Gasteiger partial charge in [0.1, 0.15) is 0 Å². The maximum absolute atomic E-state index is 12.7. The molecule has 0 saturated carbocycles. The molecule has 3 heterocycles. The Morgan fingerprint density at radius 2 is 1.95 bits per heavy atom. The number of benzene rings is 1. The number of nitrogens with zero attached hydrogens (tertiary/aromatic N) is 1. The Hall–Kier alpha value is -1.68. The van der Waals surface area contributed by atoms with Crippen molar-refractivity contribution in [1.82, 2.24) is 0 Å². The highest BCUT2D eigenvalue weighted by atomic mass is 16.5. The van der Waals surface area contributed by atoms with Crippen LogP contribution < -0.4 is 4.90 Å². The van der Waals surface area contributed by atoms with E-state index in [1.807, 2.05) is 37.3 Å². The molecule has 3 aliphatic heterocycles. The van der Waals surface area contributed by atoms with Crippen molar-refractivity contribution >= 4 is 17.5 Å². The van der Waals surface area contributed by atoms with E-state index in [2.05, 4.69) is 0 Å². The first-order chi connectivity index (χ1) is 9.14. The Bertz CT molecular complexity index is 570. The molecule has 2 bridgehead atoms. The van der Waals surface area contributed by atoms with E-state index in [1.165, 1.54) is 4.90 Å². The first-order valence-corrected chi connectivity index (χ1v) is 6.73. The smallest absolute Gasteiger partial charge is 0.243 e. The van der Waals surface area contributed by atoms with Gasteiger partial charge in [0, 0.05) is 0 Å². The molecule has 1 aromatic rings. The van der Waals surface area contributed by atoms with Gasteiger partial charge in [0.15, 0.2) is 0 Å². The number of hydrogen-bond acceptors (Lipinski definition) is 3. The van der Waals surface area contributed by atoms with Crippen LogP contribution in [-0.2, 0) is 14.3 Å². The molecule has 4 heteroatoms. The summed E-state index contributed by atoms with van der Waals surface area (Å²) in [6.07, 6.45) is 1.62. The molecule has 1 aromatic carbocycles. The monoisotopic (exact) mass is 257 g/mol. The molecular weight excluding hydrogens is 242 g/mol. The number of carbonyl (C=O) groups is 2. The standard InChI is InChI=1S/C15H15NO3/c1-15-11-8-7-10(19-11)12(15)13(17)16(14(15)18)9-5-3-2-4-6-9/h2-6,10-12H,7-8H2,1H3. The van der Waals surface area contributed by atoms with Crippen LogP contribution in [0.5, 0.6) is 0 Å². The zero-order chi connectivity index (χ0) is 13.2. The second-order valence-corrected chi connectivity index (χ2v) is 5.82. The summed E-state index contributed by atoms with van der Waals surface area (Å²) in [5, 5.41) is 0. The number of fused-ring (bicyclic) bond motifs is 5. The maximum atomic E-state index is 12.7. The lowest BCUT2D eigenvalue weighted by molar-refractivity contribution is -0.128. The van der Waals surface area contributed by atoms with Crippen LogP contribution in [0.15, 0.2) is 30.3 Å². The number of ether oxygens (including phenoxy) is 1. The molecule has 98 valence electrons. The summed E-state index contributed by atoms with van der Waals surface area (Å²) in [6.45, 7) is 1.89. The molecule has 3 aliphatic rings. The fraction of sp³-hybridized carbons (Fsp3) is 0.467. The lowest BCUT2D eigenvalue weighted by atomic mass is 9.69. The van der Waals surface area contributed by atoms with Crippen LogP contribution in [0.3, 0.4) is 0 Å². The van der Waals surface area contributed by atoms with Crippen LogP contribution >= 0.6 is 0 Å². The second-order valence-electron chi connectivity index (χ2n) is 5.82. The number of hydrogen-bond donors (Lipinski definition) is 0. The number of amides is 2. The van der Waals surface area contributed by atoms with Crippen molar-refractivity contribution in [3.8, 4) is 0 Å². The fourth-order valence-electron chi connectivity index (χ4n) is 3.92. The molecule has 4 unspecified atom stereocenters. The van der Waals surface area contributed by atoms with E-state index >= 15 is 0 Å². The van der Waals surface area contributed by atoms with E-state index in [9.17, 15) is 9.59 Å². The molecule has 0 radical (unpaired) electrons. The summed E-state index contributed by atoms with van der Waals surface area (Å²) in [4.78, 5) is 26.7. The Labute approximate surface area is 111 Å². The average molecular weight is 257 g/mol. The van der Waals surface area contributed by atoms with Gasteiger partial charge < -0.3 is 4.74 Å². The lowest BCUT2D eigenvalue weighted by Gasteiger charge is -2.28. The third kappa shape index (κ3) is 1.18. The average Bonchev–Trinajstić information content (AvgIpc) is 3.04. The number of imide groups is 1. The quantitative estimate of drug-likeness (QED) is 0.720. The van der Waals surface area contributed by atoms with E-state index in [0.29, 0.717) is 5.69 Å². The van der Waals surface area contributed by atoms with Crippen LogP contribution in [0.25, 0.3) is 0 Å². The minimum Gasteiger partial charge on any atom is -0.373 e. The molecule has 0 N–H and O–H groups in total. The first kappa shape index (κ1) is 11.2. The van der Waals surface area contributed by atoms with Gasteiger partial charge in [0.2, 0.25) is 11.8 Å². The van der Waals surface area contributed by atoms with Crippen molar-refractivity contribution < 1.29 is 14.3 Å². The van der Waals surface area contributed by atoms with Crippen LogP contribution in [0.4, 0.5) is 5.69 Å². The Kier molecular flexibility index (Phi) is 2.03. The van der Waals surface area contributed by atoms with E-state index in [4.69, 9.17) is 4.74 Å². The molecule has 4 rings (SSSR count). The number of carbonyl (C=O) groups excluding carboxylic acids is 2. The van der Waals surface area contributed by atoms with Gasteiger partial charge in [-0.15, -0.1) is 0 Å². The minimum absolute atomic E-state index is 0.0693. The third-order valence-corrected chi connectivity index (χ3v) is 4.90. The topological polar surface area (TPSA) is 46.6 Å². The van der Waals surface area contributed by atoms with Crippen LogP contribution in [0.1, 0.15) is 19.8 Å². The van der Waals surface area contributed by atoms with Crippen LogP contribution in [-0.4, -0.2) is 24.0 Å². The van der Waals surface area contributed by atoms with Gasteiger partial charge in [-0.25, -0.2) is 4.90 Å². The third-order valence-electron chi connectivity index (χ3n) is 4.90. The fourth-order valence-corrected chi connectivity index (χ4v) is 3.92. The van der Waals surface area contributed by atoms with Gasteiger partial charge in [-0.3, -0.25) is 9.59 Å². The molecule has 4 nitrogen and oxygen atoms in total. The molecule has 19 heavy (non-hydrogen) atoms. The molecule has 0 aliphatic carbocycles. The Morgan fingerprint density at radius 1 is 1.21 bits per heavy atom.